The van der Waals surface area contributed by atoms with Crippen molar-refractivity contribution >= 4 is 21.6 Å². The summed E-state index contributed by atoms with van der Waals surface area (Å²) in [7, 11) is 1.62. The summed E-state index contributed by atoms with van der Waals surface area (Å²) in [6, 6.07) is 7.66. The van der Waals surface area contributed by atoms with Crippen molar-refractivity contribution in [2.45, 2.75) is 46.4 Å². The molecule has 0 fully saturated rings. The van der Waals surface area contributed by atoms with Crippen LogP contribution in [0.1, 0.15) is 33.5 Å². The van der Waals surface area contributed by atoms with E-state index < -0.39 is 6.10 Å². The fourth-order valence-corrected chi connectivity index (χ4v) is 4.68. The van der Waals surface area contributed by atoms with E-state index in [0.29, 0.717) is 35.0 Å². The predicted octanol–water partition coefficient (Wildman–Crippen LogP) is 3.90. The van der Waals surface area contributed by atoms with E-state index in [1.54, 1.807) is 7.11 Å². The Bertz CT molecular complexity index is 1080. The third kappa shape index (κ3) is 6.16. The number of nitrogens with one attached hydrogen (secondary N) is 1. The van der Waals surface area contributed by atoms with Crippen LogP contribution in [-0.2, 0) is 11.3 Å². The van der Waals surface area contributed by atoms with Gasteiger partial charge in [-0.3, -0.25) is 9.69 Å². The van der Waals surface area contributed by atoms with Crippen LogP contribution in [-0.4, -0.2) is 59.0 Å². The Morgan fingerprint density at radius 1 is 1.16 bits per heavy atom. The maximum absolute atomic E-state index is 13.0. The first-order chi connectivity index (χ1) is 15.3. The highest BCUT2D eigenvalue weighted by molar-refractivity contribution is 7.17. The Labute approximate surface area is 193 Å². The Kier molecular flexibility index (Phi) is 8.42. The van der Waals surface area contributed by atoms with Gasteiger partial charge in [-0.25, -0.2) is 4.98 Å². The molecule has 0 aliphatic carbocycles. The molecule has 2 aromatic heterocycles. The van der Waals surface area contributed by atoms with E-state index in [0.717, 1.165) is 23.4 Å². The Morgan fingerprint density at radius 2 is 1.91 bits per heavy atom. The van der Waals surface area contributed by atoms with Crippen LogP contribution in [0.3, 0.4) is 0 Å². The SMILES string of the molecule is COc1ccccc1-c1csc2nc(CN(CC(C)C)CC(O)COC(C)C)[nH]c(=O)c12. The molecule has 0 aliphatic rings. The predicted molar refractivity (Wildman–Crippen MR) is 129 cm³/mol. The van der Waals surface area contributed by atoms with Gasteiger partial charge in [0.1, 0.15) is 16.4 Å². The van der Waals surface area contributed by atoms with Gasteiger partial charge in [0.05, 0.1) is 37.9 Å². The maximum atomic E-state index is 13.0. The van der Waals surface area contributed by atoms with E-state index in [1.807, 2.05) is 43.5 Å². The van der Waals surface area contributed by atoms with E-state index >= 15 is 0 Å². The van der Waals surface area contributed by atoms with E-state index in [9.17, 15) is 9.90 Å². The first kappa shape index (κ1) is 24.4. The zero-order chi connectivity index (χ0) is 23.3. The minimum atomic E-state index is -0.606. The molecule has 0 radical (unpaired) electrons. The molecule has 1 atom stereocenters. The van der Waals surface area contributed by atoms with Gasteiger partial charge in [-0.1, -0.05) is 32.0 Å². The molecule has 174 valence electrons. The molecule has 0 saturated carbocycles. The van der Waals surface area contributed by atoms with Gasteiger partial charge in [-0.15, -0.1) is 11.3 Å². The van der Waals surface area contributed by atoms with E-state index in [4.69, 9.17) is 14.5 Å². The number of benzene rings is 1. The van der Waals surface area contributed by atoms with Gasteiger partial charge in [0.25, 0.3) is 5.56 Å². The summed E-state index contributed by atoms with van der Waals surface area (Å²) < 4.78 is 11.0. The van der Waals surface area contributed by atoms with E-state index in [1.165, 1.54) is 11.3 Å². The van der Waals surface area contributed by atoms with Crippen molar-refractivity contribution in [3.8, 4) is 16.9 Å². The molecule has 0 saturated heterocycles. The first-order valence-electron chi connectivity index (χ1n) is 10.9. The smallest absolute Gasteiger partial charge is 0.260 e. The molecule has 32 heavy (non-hydrogen) atoms. The van der Waals surface area contributed by atoms with Gasteiger partial charge in [-0.05, 0) is 25.8 Å². The van der Waals surface area contributed by atoms with Crippen molar-refractivity contribution in [2.75, 3.05) is 26.8 Å². The molecule has 0 bridgehead atoms. The van der Waals surface area contributed by atoms with Crippen molar-refractivity contribution in [2.24, 2.45) is 5.92 Å². The van der Waals surface area contributed by atoms with Crippen LogP contribution >= 0.6 is 11.3 Å². The lowest BCUT2D eigenvalue weighted by Crippen LogP contribution is -2.38. The van der Waals surface area contributed by atoms with E-state index in [-0.39, 0.29) is 18.3 Å². The van der Waals surface area contributed by atoms with Gasteiger partial charge < -0.3 is 19.6 Å². The minimum Gasteiger partial charge on any atom is -0.496 e. The van der Waals surface area contributed by atoms with Crippen molar-refractivity contribution in [3.63, 3.8) is 0 Å². The highest BCUT2D eigenvalue weighted by Gasteiger charge is 2.19. The van der Waals surface area contributed by atoms with Crippen LogP contribution in [0.5, 0.6) is 5.75 Å². The van der Waals surface area contributed by atoms with Gasteiger partial charge >= 0.3 is 0 Å². The molecule has 3 rings (SSSR count). The standard InChI is InChI=1S/C24H33N3O4S/c1-15(2)10-27(11-17(28)13-31-16(3)4)12-21-25-23(29)22-19(14-32-24(22)26-21)18-8-6-7-9-20(18)30-5/h6-9,14-17,28H,10-13H2,1-5H3,(H,25,26,29). The number of hydrogen-bond donors (Lipinski definition) is 2. The van der Waals surface area contributed by atoms with Gasteiger partial charge in [0.2, 0.25) is 0 Å². The Balaban J connectivity index is 1.86. The number of ether oxygens (including phenoxy) is 2. The number of aromatic amines is 1. The number of methoxy groups -OCH3 is 1. The van der Waals surface area contributed by atoms with Crippen LogP contribution in [0.25, 0.3) is 21.3 Å². The molecule has 0 spiro atoms. The molecule has 8 heteroatoms. The second-order valence-corrected chi connectivity index (χ2v) is 9.52. The number of fused-ring (bicyclic) bond motifs is 1. The fraction of sp³-hybridized carbons (Fsp3) is 0.500. The van der Waals surface area contributed by atoms with Crippen LogP contribution in [0.4, 0.5) is 0 Å². The molecule has 2 heterocycles. The van der Waals surface area contributed by atoms with Crippen LogP contribution < -0.4 is 10.3 Å². The summed E-state index contributed by atoms with van der Waals surface area (Å²) in [5.41, 5.74) is 1.53. The summed E-state index contributed by atoms with van der Waals surface area (Å²) in [4.78, 5) is 23.5. The van der Waals surface area contributed by atoms with Crippen LogP contribution in [0.15, 0.2) is 34.4 Å². The zero-order valence-electron chi connectivity index (χ0n) is 19.4. The number of aliphatic hydroxyl groups excluding tert-OH is 1. The summed E-state index contributed by atoms with van der Waals surface area (Å²) in [5, 5.41) is 12.9. The highest BCUT2D eigenvalue weighted by Crippen LogP contribution is 2.36. The zero-order valence-corrected chi connectivity index (χ0v) is 20.2. The number of H-pyrrole nitrogens is 1. The molecular formula is C24H33N3O4S. The van der Waals surface area contributed by atoms with Crippen molar-refractivity contribution < 1.29 is 14.6 Å². The van der Waals surface area contributed by atoms with Crippen LogP contribution in [0, 0.1) is 5.92 Å². The number of aliphatic hydroxyl groups is 1. The minimum absolute atomic E-state index is 0.0693. The Hall–Kier alpha value is -2.26. The van der Waals surface area contributed by atoms with Crippen molar-refractivity contribution in [1.82, 2.24) is 14.9 Å². The van der Waals surface area contributed by atoms with Gasteiger partial charge in [-0.2, -0.15) is 0 Å². The summed E-state index contributed by atoms with van der Waals surface area (Å²) in [5.74, 6) is 1.72. The molecular weight excluding hydrogens is 426 g/mol. The molecule has 3 aromatic rings. The molecule has 1 unspecified atom stereocenters. The lowest BCUT2D eigenvalue weighted by molar-refractivity contribution is -0.0111. The third-order valence-corrected chi connectivity index (χ3v) is 5.85. The number of rotatable bonds is 11. The lowest BCUT2D eigenvalue weighted by Gasteiger charge is -2.26. The molecule has 1 aromatic carbocycles. The molecule has 7 nitrogen and oxygen atoms in total. The van der Waals surface area contributed by atoms with Crippen LogP contribution in [0.2, 0.25) is 0 Å². The highest BCUT2D eigenvalue weighted by atomic mass is 32.1. The molecule has 2 N–H and O–H groups in total. The van der Waals surface area contributed by atoms with E-state index in [2.05, 4.69) is 23.7 Å². The number of nitrogens with zero attached hydrogens (tertiary/aromatic N) is 2. The average molecular weight is 460 g/mol. The molecule has 0 amide bonds. The fourth-order valence-electron chi connectivity index (χ4n) is 3.72. The summed E-state index contributed by atoms with van der Waals surface area (Å²) in [6.07, 6.45) is -0.537. The second-order valence-electron chi connectivity index (χ2n) is 8.67. The van der Waals surface area contributed by atoms with Crippen molar-refractivity contribution in [1.29, 1.82) is 0 Å². The topological polar surface area (TPSA) is 87.7 Å². The maximum Gasteiger partial charge on any atom is 0.260 e. The van der Waals surface area contributed by atoms with Gasteiger partial charge in [0, 0.05) is 29.6 Å². The van der Waals surface area contributed by atoms with Crippen molar-refractivity contribution in [3.05, 3.63) is 45.8 Å². The van der Waals surface area contributed by atoms with Gasteiger partial charge in [0.15, 0.2) is 0 Å². The third-order valence-electron chi connectivity index (χ3n) is 4.98. The number of para-hydroxylation sites is 1. The average Bonchev–Trinajstić information content (AvgIpc) is 3.16. The lowest BCUT2D eigenvalue weighted by atomic mass is 10.1. The number of hydrogen-bond acceptors (Lipinski definition) is 7. The normalized spacial score (nSPS) is 12.9. The monoisotopic (exact) mass is 459 g/mol. The first-order valence-corrected chi connectivity index (χ1v) is 11.8. The molecule has 0 aliphatic heterocycles. The second kappa shape index (κ2) is 11.0. The number of aromatic nitrogens is 2. The largest absolute Gasteiger partial charge is 0.496 e. The summed E-state index contributed by atoms with van der Waals surface area (Å²) >= 11 is 1.45. The Morgan fingerprint density at radius 3 is 2.59 bits per heavy atom. The number of thiophene rings is 1. The quantitative estimate of drug-likeness (QED) is 0.452. The summed E-state index contributed by atoms with van der Waals surface area (Å²) in [6.45, 7) is 10.1.